The first-order chi connectivity index (χ1) is 17.2. The lowest BCUT2D eigenvalue weighted by molar-refractivity contribution is -0.191. The van der Waals surface area contributed by atoms with Crippen LogP contribution in [0.3, 0.4) is 0 Å². The number of ether oxygens (including phenoxy) is 1. The van der Waals surface area contributed by atoms with E-state index in [0.717, 1.165) is 37.9 Å². The molecule has 2 aromatic rings. The van der Waals surface area contributed by atoms with Gasteiger partial charge in [0.15, 0.2) is 17.2 Å². The Labute approximate surface area is 211 Å². The van der Waals surface area contributed by atoms with Gasteiger partial charge in [-0.05, 0) is 31.7 Å². The lowest BCUT2D eigenvalue weighted by atomic mass is 10.0. The maximum atomic E-state index is 13.7. The average molecular weight is 533 g/mol. The molecule has 0 aliphatic heterocycles. The Morgan fingerprint density at radius 1 is 1.11 bits per heavy atom. The van der Waals surface area contributed by atoms with Gasteiger partial charge in [-0.2, -0.15) is 14.7 Å². The summed E-state index contributed by atoms with van der Waals surface area (Å²) < 4.78 is 47.3. The summed E-state index contributed by atoms with van der Waals surface area (Å²) in [5.41, 5.74) is -1.28. The number of benzene rings is 1. The molecule has 3 N–H and O–H groups in total. The third-order valence-electron chi connectivity index (χ3n) is 4.64. The molecular formula is C24H31F3N2O8. The van der Waals surface area contributed by atoms with Crippen LogP contribution in [0.25, 0.3) is 0 Å². The Morgan fingerprint density at radius 3 is 2.14 bits per heavy atom. The van der Waals surface area contributed by atoms with Crippen molar-refractivity contribution in [3.05, 3.63) is 46.9 Å². The molecule has 0 aliphatic carbocycles. The van der Waals surface area contributed by atoms with E-state index in [1.807, 2.05) is 6.07 Å². The maximum Gasteiger partial charge on any atom is 0.373 e. The van der Waals surface area contributed by atoms with Crippen LogP contribution in [0.4, 0.5) is 13.2 Å². The van der Waals surface area contributed by atoms with E-state index in [9.17, 15) is 22.8 Å². The highest BCUT2D eigenvalue weighted by molar-refractivity contribution is 5.83. The molecule has 0 bridgehead atoms. The maximum absolute atomic E-state index is 13.7. The molecule has 1 atom stereocenters. The van der Waals surface area contributed by atoms with Gasteiger partial charge in [0.25, 0.3) is 0 Å². The minimum absolute atomic E-state index is 0.0254. The Kier molecular flexibility index (Phi) is 14.5. The number of rotatable bonds is 11. The summed E-state index contributed by atoms with van der Waals surface area (Å²) in [5, 5.41) is 29.5. The molecule has 13 heteroatoms. The van der Waals surface area contributed by atoms with E-state index in [0.29, 0.717) is 24.4 Å². The molecule has 1 aromatic carbocycles. The predicted octanol–water partition coefficient (Wildman–Crippen LogP) is 3.59. The van der Waals surface area contributed by atoms with Crippen LogP contribution >= 0.6 is 0 Å². The monoisotopic (exact) mass is 532 g/mol. The molecule has 0 spiro atoms. The zero-order chi connectivity index (χ0) is 28.8. The van der Waals surface area contributed by atoms with Crippen molar-refractivity contribution in [3.8, 4) is 5.88 Å². The van der Waals surface area contributed by atoms with Gasteiger partial charge in [-0.3, -0.25) is 4.79 Å². The molecule has 0 aliphatic rings. The second-order valence-corrected chi connectivity index (χ2v) is 8.51. The smallest absolute Gasteiger partial charge is 0.373 e. The number of carboxylic acids is 2. The molecule has 2 rings (SSSR count). The van der Waals surface area contributed by atoms with Crippen molar-refractivity contribution >= 4 is 18.1 Å². The molecule has 0 saturated carbocycles. The van der Waals surface area contributed by atoms with Gasteiger partial charge < -0.3 is 20.1 Å². The zero-order valence-corrected chi connectivity index (χ0v) is 21.0. The first-order valence-electron chi connectivity index (χ1n) is 11.2. The van der Waals surface area contributed by atoms with E-state index in [2.05, 4.69) is 25.9 Å². The van der Waals surface area contributed by atoms with Gasteiger partial charge in [0.2, 0.25) is 5.88 Å². The number of carbonyl (C=O) groups excluding carboxylic acids is 2. The number of aliphatic carboxylic acids is 2. The number of aromatic nitrogens is 2. The molecule has 0 fully saturated rings. The highest BCUT2D eigenvalue weighted by Crippen LogP contribution is 2.20. The summed E-state index contributed by atoms with van der Waals surface area (Å²) in [7, 11) is 0. The van der Waals surface area contributed by atoms with Gasteiger partial charge in [0, 0.05) is 24.2 Å². The molecule has 1 aromatic heterocycles. The van der Waals surface area contributed by atoms with Gasteiger partial charge in [0.05, 0.1) is 12.1 Å². The Hall–Kier alpha value is -3.70. The molecule has 1 heterocycles. The van der Waals surface area contributed by atoms with Crippen molar-refractivity contribution in [2.24, 2.45) is 5.92 Å². The van der Waals surface area contributed by atoms with Crippen LogP contribution in [-0.2, 0) is 38.8 Å². The fourth-order valence-electron chi connectivity index (χ4n) is 2.68. The van der Waals surface area contributed by atoms with Gasteiger partial charge in [-0.15, -0.1) is 0 Å². The van der Waals surface area contributed by atoms with Crippen LogP contribution in [0, 0.1) is 23.4 Å². The summed E-state index contributed by atoms with van der Waals surface area (Å²) in [6.07, 6.45) is 2.18. The number of halogens is 3. The van der Waals surface area contributed by atoms with Gasteiger partial charge >= 0.3 is 18.1 Å². The Morgan fingerprint density at radius 2 is 1.68 bits per heavy atom. The number of aryl methyl sites for hydroxylation is 2. The van der Waals surface area contributed by atoms with Crippen molar-refractivity contribution in [2.45, 2.75) is 72.1 Å². The fraction of sp³-hybridized carbons (Fsp3) is 0.500. The Balaban J connectivity index is 0.000000833. The quantitative estimate of drug-likeness (QED) is 0.368. The third kappa shape index (κ3) is 12.7. The van der Waals surface area contributed by atoms with E-state index in [4.69, 9.17) is 29.6 Å². The number of carbonyl (C=O) groups is 2. The SMILES string of the molecule is CC(O)(CC(=O)O)C(=O)O.CCCc1cc(OCc2cc(F)c(F)cc2F)n(CCC(C)C)n1.O=C=O. The minimum Gasteiger partial charge on any atom is -0.481 e. The van der Waals surface area contributed by atoms with Gasteiger partial charge in [-0.1, -0.05) is 27.2 Å². The van der Waals surface area contributed by atoms with E-state index in [1.165, 1.54) is 0 Å². The lowest BCUT2D eigenvalue weighted by Gasteiger charge is -2.13. The predicted molar refractivity (Wildman–Crippen MR) is 122 cm³/mol. The molecule has 37 heavy (non-hydrogen) atoms. The molecule has 0 saturated heterocycles. The number of aliphatic hydroxyl groups is 1. The van der Waals surface area contributed by atoms with E-state index in [1.54, 1.807) is 4.68 Å². The number of hydrogen-bond donors (Lipinski definition) is 3. The zero-order valence-electron chi connectivity index (χ0n) is 21.0. The normalized spacial score (nSPS) is 11.8. The summed E-state index contributed by atoms with van der Waals surface area (Å²) in [4.78, 5) is 36.2. The van der Waals surface area contributed by atoms with E-state index in [-0.39, 0.29) is 18.3 Å². The first-order valence-corrected chi connectivity index (χ1v) is 11.2. The molecule has 206 valence electrons. The summed E-state index contributed by atoms with van der Waals surface area (Å²) in [6.45, 7) is 7.74. The van der Waals surface area contributed by atoms with Crippen LogP contribution in [-0.4, -0.2) is 48.8 Å². The van der Waals surface area contributed by atoms with Gasteiger partial charge in [-0.25, -0.2) is 22.6 Å². The summed E-state index contributed by atoms with van der Waals surface area (Å²) >= 11 is 0. The van der Waals surface area contributed by atoms with Crippen molar-refractivity contribution < 1.29 is 52.4 Å². The number of carboxylic acid groups (broad SMARTS) is 2. The number of nitrogens with zero attached hydrogens (tertiary/aromatic N) is 2. The van der Waals surface area contributed by atoms with E-state index < -0.39 is 41.4 Å². The Bertz CT molecular complexity index is 1060. The standard InChI is InChI=1S/C18H23F3N2O.C5H8O5.CO2/c1-4-5-14-9-18(23(22-14)7-6-12(2)3)24-11-13-8-16(20)17(21)10-15(13)19;1-5(10,4(8)9)2-3(6)7;2-1-3/h8-10,12H,4-7,11H2,1-3H3;10H,2H2,1H3,(H,6,7)(H,8,9);. The average Bonchev–Trinajstić information content (AvgIpc) is 3.16. The summed E-state index contributed by atoms with van der Waals surface area (Å²) in [6, 6.07) is 3.18. The minimum atomic E-state index is -2.16. The largest absolute Gasteiger partial charge is 0.481 e. The lowest BCUT2D eigenvalue weighted by Crippen LogP contribution is -2.37. The molecule has 0 radical (unpaired) electrons. The van der Waals surface area contributed by atoms with Crippen molar-refractivity contribution in [3.63, 3.8) is 0 Å². The van der Waals surface area contributed by atoms with Crippen LogP contribution in [0.1, 0.15) is 58.2 Å². The van der Waals surface area contributed by atoms with Crippen molar-refractivity contribution in [2.75, 3.05) is 0 Å². The third-order valence-corrected chi connectivity index (χ3v) is 4.64. The van der Waals surface area contributed by atoms with E-state index >= 15 is 0 Å². The molecule has 1 unspecified atom stereocenters. The number of hydrogen-bond acceptors (Lipinski definition) is 7. The van der Waals surface area contributed by atoms with Crippen LogP contribution in [0.15, 0.2) is 18.2 Å². The first kappa shape index (κ1) is 33.3. The van der Waals surface area contributed by atoms with Gasteiger partial charge in [0.1, 0.15) is 12.4 Å². The van der Waals surface area contributed by atoms with Crippen LogP contribution < -0.4 is 4.74 Å². The van der Waals surface area contributed by atoms with Crippen LogP contribution in [0.5, 0.6) is 5.88 Å². The molecule has 10 nitrogen and oxygen atoms in total. The fourth-order valence-corrected chi connectivity index (χ4v) is 2.68. The molecular weight excluding hydrogens is 501 g/mol. The molecule has 0 amide bonds. The van der Waals surface area contributed by atoms with Crippen LogP contribution in [0.2, 0.25) is 0 Å². The highest BCUT2D eigenvalue weighted by atomic mass is 19.2. The highest BCUT2D eigenvalue weighted by Gasteiger charge is 2.32. The second-order valence-electron chi connectivity index (χ2n) is 8.51. The summed E-state index contributed by atoms with van der Waals surface area (Å²) in [5.74, 6) is -4.96. The van der Waals surface area contributed by atoms with Crippen molar-refractivity contribution in [1.29, 1.82) is 0 Å². The van der Waals surface area contributed by atoms with Crippen molar-refractivity contribution in [1.82, 2.24) is 9.78 Å². The topological polar surface area (TPSA) is 156 Å². The second kappa shape index (κ2) is 16.1.